The molecule has 0 aliphatic rings. The zero-order valence-corrected chi connectivity index (χ0v) is 18.3. The quantitative estimate of drug-likeness (QED) is 0.156. The summed E-state index contributed by atoms with van der Waals surface area (Å²) < 4.78 is 0. The van der Waals surface area contributed by atoms with Gasteiger partial charge in [0.25, 0.3) is 0 Å². The maximum absolute atomic E-state index is 9.05. The summed E-state index contributed by atoms with van der Waals surface area (Å²) in [7, 11) is 0. The molecule has 0 saturated carbocycles. The van der Waals surface area contributed by atoms with Crippen LogP contribution in [0.25, 0.3) is 5.57 Å². The highest BCUT2D eigenvalue weighted by molar-refractivity contribution is 5.95. The highest BCUT2D eigenvalue weighted by atomic mass is 15.5. The Kier molecular flexibility index (Phi) is 8.45. The van der Waals surface area contributed by atoms with Gasteiger partial charge in [0.05, 0.1) is 0 Å². The van der Waals surface area contributed by atoms with Crippen LogP contribution in [0.5, 0.6) is 0 Å². The molecule has 0 bridgehead atoms. The Labute approximate surface area is 187 Å². The second-order valence-electron chi connectivity index (χ2n) is 7.61. The molecule has 9 nitrogen and oxygen atoms in total. The van der Waals surface area contributed by atoms with E-state index in [2.05, 4.69) is 67.2 Å². The number of guanidine groups is 1. The van der Waals surface area contributed by atoms with Gasteiger partial charge < -0.3 is 5.32 Å². The fourth-order valence-electron chi connectivity index (χ4n) is 3.06. The van der Waals surface area contributed by atoms with Crippen molar-refractivity contribution in [2.75, 3.05) is 11.9 Å². The molecule has 0 amide bonds. The van der Waals surface area contributed by atoms with E-state index >= 15 is 0 Å². The average molecular weight is 430 g/mol. The SMILES string of the molecule is CC(C)CN=C(NC#N)Nc1cccc(C(=CCCCc2nn[nH]n2)c2cccnc2)c1. The lowest BCUT2D eigenvalue weighted by atomic mass is 9.97. The van der Waals surface area contributed by atoms with Crippen LogP contribution >= 0.6 is 0 Å². The number of nitriles is 1. The third kappa shape index (κ3) is 7.02. The number of aryl methyl sites for hydroxylation is 1. The average Bonchev–Trinajstić information content (AvgIpc) is 3.32. The number of hydrogen-bond acceptors (Lipinski definition) is 6. The summed E-state index contributed by atoms with van der Waals surface area (Å²) in [4.78, 5) is 8.74. The molecule has 0 aliphatic carbocycles. The van der Waals surface area contributed by atoms with Crippen molar-refractivity contribution in [1.29, 1.82) is 5.26 Å². The van der Waals surface area contributed by atoms with Crippen molar-refractivity contribution in [3.05, 3.63) is 71.8 Å². The van der Waals surface area contributed by atoms with Crippen LogP contribution in [-0.2, 0) is 6.42 Å². The Hall–Kier alpha value is -4.06. The summed E-state index contributed by atoms with van der Waals surface area (Å²) in [5, 5.41) is 29.0. The minimum atomic E-state index is 0.395. The molecule has 3 rings (SSSR count). The van der Waals surface area contributed by atoms with Gasteiger partial charge in [0.1, 0.15) is 0 Å². The lowest BCUT2D eigenvalue weighted by Gasteiger charge is -2.13. The topological polar surface area (TPSA) is 128 Å². The predicted molar refractivity (Wildman–Crippen MR) is 124 cm³/mol. The second kappa shape index (κ2) is 12.0. The van der Waals surface area contributed by atoms with Crippen molar-refractivity contribution in [2.24, 2.45) is 10.9 Å². The highest BCUT2D eigenvalue weighted by Crippen LogP contribution is 2.26. The van der Waals surface area contributed by atoms with Gasteiger partial charge in [-0.2, -0.15) is 10.5 Å². The standard InChI is InChI=1S/C23H27N9/c1-17(2)14-26-23(27-16-24)28-20-9-5-7-18(13-20)21(19-8-6-12-25-15-19)10-3-4-11-22-29-31-32-30-22/h5-10,12-13,15,17H,3-4,11,14H2,1-2H3,(H2,26,27,28)(H,29,30,31,32). The molecule has 0 aliphatic heterocycles. The van der Waals surface area contributed by atoms with E-state index in [0.717, 1.165) is 41.6 Å². The summed E-state index contributed by atoms with van der Waals surface area (Å²) in [5.41, 5.74) is 4.01. The molecule has 0 atom stereocenters. The van der Waals surface area contributed by atoms with E-state index in [0.29, 0.717) is 24.2 Å². The third-order valence-corrected chi connectivity index (χ3v) is 4.54. The Morgan fingerprint density at radius 2 is 2.12 bits per heavy atom. The number of benzene rings is 1. The van der Waals surface area contributed by atoms with E-state index in [1.54, 1.807) is 6.20 Å². The molecule has 0 saturated heterocycles. The normalized spacial score (nSPS) is 11.9. The first-order chi connectivity index (χ1) is 15.7. The highest BCUT2D eigenvalue weighted by Gasteiger charge is 2.08. The number of aromatic nitrogens is 5. The molecule has 164 valence electrons. The molecule has 0 fully saturated rings. The number of anilines is 1. The fourth-order valence-corrected chi connectivity index (χ4v) is 3.06. The first-order valence-corrected chi connectivity index (χ1v) is 10.6. The Bertz CT molecular complexity index is 1060. The van der Waals surface area contributed by atoms with Crippen LogP contribution in [0.2, 0.25) is 0 Å². The molecule has 3 N–H and O–H groups in total. The van der Waals surface area contributed by atoms with Crippen molar-refractivity contribution < 1.29 is 0 Å². The summed E-state index contributed by atoms with van der Waals surface area (Å²) >= 11 is 0. The number of aliphatic imine (C=N–C) groups is 1. The largest absolute Gasteiger partial charge is 0.326 e. The molecule has 0 spiro atoms. The van der Waals surface area contributed by atoms with Crippen LogP contribution in [-0.4, -0.2) is 38.1 Å². The third-order valence-electron chi connectivity index (χ3n) is 4.54. The number of nitrogens with one attached hydrogen (secondary N) is 3. The van der Waals surface area contributed by atoms with Gasteiger partial charge in [0.15, 0.2) is 12.0 Å². The Morgan fingerprint density at radius 3 is 2.84 bits per heavy atom. The number of rotatable bonds is 9. The smallest absolute Gasteiger partial charge is 0.209 e. The molecular weight excluding hydrogens is 402 g/mol. The molecule has 9 heteroatoms. The Balaban J connectivity index is 1.81. The fraction of sp³-hybridized carbons (Fsp3) is 0.304. The zero-order chi connectivity index (χ0) is 22.6. The van der Waals surface area contributed by atoms with Crippen LogP contribution in [0.15, 0.2) is 59.9 Å². The van der Waals surface area contributed by atoms with Gasteiger partial charge in [0, 0.05) is 36.6 Å². The van der Waals surface area contributed by atoms with Crippen molar-refractivity contribution in [2.45, 2.75) is 33.1 Å². The number of pyridine rings is 1. The monoisotopic (exact) mass is 429 g/mol. The van der Waals surface area contributed by atoms with Crippen LogP contribution in [0.4, 0.5) is 5.69 Å². The number of tetrazole rings is 1. The first kappa shape index (κ1) is 22.6. The van der Waals surface area contributed by atoms with Gasteiger partial charge in [-0.1, -0.05) is 43.3 Å². The van der Waals surface area contributed by atoms with Gasteiger partial charge in [-0.05, 0) is 48.1 Å². The van der Waals surface area contributed by atoms with Crippen LogP contribution in [0.3, 0.4) is 0 Å². The maximum Gasteiger partial charge on any atom is 0.209 e. The van der Waals surface area contributed by atoms with E-state index in [1.165, 1.54) is 0 Å². The molecule has 2 aromatic heterocycles. The number of nitrogens with zero attached hydrogens (tertiary/aromatic N) is 6. The molecule has 0 radical (unpaired) electrons. The van der Waals surface area contributed by atoms with E-state index in [1.807, 2.05) is 42.7 Å². The number of allylic oxidation sites excluding steroid dienone is 1. The maximum atomic E-state index is 9.05. The van der Waals surface area contributed by atoms with Crippen molar-refractivity contribution in [3.63, 3.8) is 0 Å². The molecule has 32 heavy (non-hydrogen) atoms. The van der Waals surface area contributed by atoms with Gasteiger partial charge in [-0.25, -0.2) is 0 Å². The number of aromatic amines is 1. The predicted octanol–water partition coefficient (Wildman–Crippen LogP) is 3.54. The minimum Gasteiger partial charge on any atom is -0.326 e. The van der Waals surface area contributed by atoms with Crippen molar-refractivity contribution >= 4 is 17.2 Å². The lowest BCUT2D eigenvalue weighted by Crippen LogP contribution is -2.27. The first-order valence-electron chi connectivity index (χ1n) is 10.6. The number of H-pyrrole nitrogens is 1. The van der Waals surface area contributed by atoms with E-state index in [-0.39, 0.29) is 0 Å². The van der Waals surface area contributed by atoms with Crippen LogP contribution < -0.4 is 10.6 Å². The van der Waals surface area contributed by atoms with Crippen molar-refractivity contribution in [3.8, 4) is 6.19 Å². The molecule has 0 unspecified atom stereocenters. The summed E-state index contributed by atoms with van der Waals surface area (Å²) in [6, 6.07) is 12.0. The van der Waals surface area contributed by atoms with Gasteiger partial charge in [-0.3, -0.25) is 15.3 Å². The molecular formula is C23H27N9. The molecule has 3 aromatic rings. The van der Waals surface area contributed by atoms with E-state index in [9.17, 15) is 0 Å². The molecule has 1 aromatic carbocycles. The lowest BCUT2D eigenvalue weighted by molar-refractivity contribution is 0.664. The second-order valence-corrected chi connectivity index (χ2v) is 7.61. The van der Waals surface area contributed by atoms with E-state index in [4.69, 9.17) is 5.26 Å². The summed E-state index contributed by atoms with van der Waals surface area (Å²) in [6.07, 6.45) is 10.3. The van der Waals surface area contributed by atoms with Crippen LogP contribution in [0, 0.1) is 17.4 Å². The number of hydrogen-bond donors (Lipinski definition) is 3. The Morgan fingerprint density at radius 1 is 1.25 bits per heavy atom. The van der Waals surface area contributed by atoms with Crippen molar-refractivity contribution in [1.82, 2.24) is 30.9 Å². The van der Waals surface area contributed by atoms with E-state index < -0.39 is 0 Å². The summed E-state index contributed by atoms with van der Waals surface area (Å²) in [6.45, 7) is 4.79. The van der Waals surface area contributed by atoms with Crippen LogP contribution in [0.1, 0.15) is 43.6 Å². The van der Waals surface area contributed by atoms with Gasteiger partial charge >= 0.3 is 0 Å². The van der Waals surface area contributed by atoms with Gasteiger partial charge in [-0.15, -0.1) is 10.2 Å². The minimum absolute atomic E-state index is 0.395. The number of unbranched alkanes of at least 4 members (excludes halogenated alkanes) is 1. The molecule has 2 heterocycles. The van der Waals surface area contributed by atoms with Gasteiger partial charge in [0.2, 0.25) is 5.96 Å². The summed E-state index contributed by atoms with van der Waals surface area (Å²) in [5.74, 6) is 1.54. The zero-order valence-electron chi connectivity index (χ0n) is 18.3.